The number of Topliss-reactive ketones (excluding diaryl/α,β-unsaturated/α-hetero) is 1. The van der Waals surface area contributed by atoms with Crippen LogP contribution in [0.3, 0.4) is 0 Å². The number of aromatic amines is 2. The zero-order valence-corrected chi connectivity index (χ0v) is 14.1. The maximum absolute atomic E-state index is 12.7. The first-order valence-electron chi connectivity index (χ1n) is 8.19. The first-order chi connectivity index (χ1) is 12.1. The van der Waals surface area contributed by atoms with Crippen molar-refractivity contribution in [2.75, 3.05) is 19.5 Å². The third kappa shape index (κ3) is 2.34. The molecular formula is C18H19N3O4. The van der Waals surface area contributed by atoms with E-state index in [1.54, 1.807) is 26.4 Å². The van der Waals surface area contributed by atoms with Gasteiger partial charge in [0.25, 0.3) is 5.56 Å². The Morgan fingerprint density at radius 1 is 1.08 bits per heavy atom. The lowest BCUT2D eigenvalue weighted by Gasteiger charge is -2.32. The molecule has 2 heterocycles. The maximum Gasteiger partial charge on any atom is 0.270 e. The number of hydrogen-bond donors (Lipinski definition) is 3. The van der Waals surface area contributed by atoms with Crippen molar-refractivity contribution in [2.45, 2.75) is 25.2 Å². The van der Waals surface area contributed by atoms with Crippen molar-refractivity contribution in [1.82, 2.24) is 10.2 Å². The molecule has 1 aliphatic heterocycles. The third-order valence-corrected chi connectivity index (χ3v) is 4.87. The van der Waals surface area contributed by atoms with Crippen LogP contribution in [-0.2, 0) is 4.79 Å². The van der Waals surface area contributed by atoms with E-state index in [0.717, 1.165) is 24.1 Å². The normalized spacial score (nSPS) is 19.1. The van der Waals surface area contributed by atoms with Gasteiger partial charge in [-0.25, -0.2) is 0 Å². The highest BCUT2D eigenvalue weighted by Crippen LogP contribution is 2.46. The molecule has 1 aromatic heterocycles. The van der Waals surface area contributed by atoms with Crippen LogP contribution in [0.2, 0.25) is 0 Å². The quantitative estimate of drug-likeness (QED) is 0.796. The zero-order valence-electron chi connectivity index (χ0n) is 14.1. The lowest BCUT2D eigenvalue weighted by Crippen LogP contribution is -2.29. The van der Waals surface area contributed by atoms with E-state index >= 15 is 0 Å². The number of methoxy groups -OCH3 is 2. The first-order valence-corrected chi connectivity index (χ1v) is 8.19. The van der Waals surface area contributed by atoms with Crippen LogP contribution >= 0.6 is 0 Å². The Kier molecular flexibility index (Phi) is 3.63. The number of carbonyl (C=O) groups is 1. The second kappa shape index (κ2) is 5.84. The first kappa shape index (κ1) is 15.6. The number of anilines is 1. The summed E-state index contributed by atoms with van der Waals surface area (Å²) in [6.07, 6.45) is 2.06. The minimum atomic E-state index is -0.487. The van der Waals surface area contributed by atoms with E-state index in [-0.39, 0.29) is 11.3 Å². The van der Waals surface area contributed by atoms with Crippen LogP contribution < -0.4 is 20.3 Å². The van der Waals surface area contributed by atoms with Crippen LogP contribution in [0.1, 0.15) is 36.3 Å². The van der Waals surface area contributed by atoms with E-state index in [1.807, 2.05) is 6.07 Å². The molecule has 0 fully saturated rings. The molecule has 0 unspecified atom stereocenters. The number of carbonyl (C=O) groups excluding carboxylic acids is 1. The molecule has 2 aliphatic rings. The maximum atomic E-state index is 12.7. The average Bonchev–Trinajstić information content (AvgIpc) is 3.00. The number of aromatic nitrogens is 2. The van der Waals surface area contributed by atoms with Gasteiger partial charge in [-0.1, -0.05) is 0 Å². The van der Waals surface area contributed by atoms with Crippen LogP contribution in [0, 0.1) is 0 Å². The summed E-state index contributed by atoms with van der Waals surface area (Å²) < 4.78 is 10.9. The summed E-state index contributed by atoms with van der Waals surface area (Å²) in [5.41, 5.74) is 2.52. The molecule has 1 aromatic carbocycles. The van der Waals surface area contributed by atoms with Gasteiger partial charge < -0.3 is 14.8 Å². The van der Waals surface area contributed by atoms with Gasteiger partial charge in [-0.15, -0.1) is 0 Å². The number of rotatable bonds is 3. The molecule has 25 heavy (non-hydrogen) atoms. The molecular weight excluding hydrogens is 322 g/mol. The molecule has 0 radical (unpaired) electrons. The molecule has 1 atom stereocenters. The number of allylic oxidation sites excluding steroid dienone is 2. The minimum absolute atomic E-state index is 0.0647. The van der Waals surface area contributed by atoms with Gasteiger partial charge >= 0.3 is 0 Å². The second-order valence-corrected chi connectivity index (χ2v) is 6.20. The smallest absolute Gasteiger partial charge is 0.270 e. The van der Waals surface area contributed by atoms with Gasteiger partial charge in [0.2, 0.25) is 0 Å². The summed E-state index contributed by atoms with van der Waals surface area (Å²) in [6, 6.07) is 5.42. The number of fused-ring (bicyclic) bond motifs is 1. The summed E-state index contributed by atoms with van der Waals surface area (Å²) in [4.78, 5) is 25.2. The van der Waals surface area contributed by atoms with E-state index in [2.05, 4.69) is 15.5 Å². The molecule has 4 rings (SSSR count). The fraction of sp³-hybridized carbons (Fsp3) is 0.333. The summed E-state index contributed by atoms with van der Waals surface area (Å²) in [5.74, 6) is 1.44. The van der Waals surface area contributed by atoms with Crippen LogP contribution in [0.4, 0.5) is 5.82 Å². The highest BCUT2D eigenvalue weighted by Gasteiger charge is 2.39. The zero-order chi connectivity index (χ0) is 17.6. The van der Waals surface area contributed by atoms with Crippen LogP contribution in [0.25, 0.3) is 0 Å². The Hall–Kier alpha value is -2.96. The molecule has 0 spiro atoms. The van der Waals surface area contributed by atoms with Crippen LogP contribution in [-0.4, -0.2) is 30.2 Å². The van der Waals surface area contributed by atoms with Gasteiger partial charge in [-0.2, -0.15) is 0 Å². The van der Waals surface area contributed by atoms with E-state index in [0.29, 0.717) is 34.9 Å². The monoisotopic (exact) mass is 341 g/mol. The van der Waals surface area contributed by atoms with E-state index in [4.69, 9.17) is 9.47 Å². The Labute approximate surface area is 144 Å². The largest absolute Gasteiger partial charge is 0.497 e. The van der Waals surface area contributed by atoms with Gasteiger partial charge in [-0.3, -0.25) is 19.8 Å². The number of ether oxygens (including phenoxy) is 2. The number of ketones is 1. The topological polar surface area (TPSA) is 96.2 Å². The molecule has 0 amide bonds. The van der Waals surface area contributed by atoms with Crippen molar-refractivity contribution in [2.24, 2.45) is 0 Å². The summed E-state index contributed by atoms with van der Waals surface area (Å²) in [7, 11) is 3.16. The van der Waals surface area contributed by atoms with Crippen molar-refractivity contribution in [3.8, 4) is 11.5 Å². The van der Waals surface area contributed by atoms with Crippen LogP contribution in [0.5, 0.6) is 11.5 Å². The Bertz CT molecular complexity index is 938. The Balaban J connectivity index is 2.00. The molecule has 3 N–H and O–H groups in total. The predicted octanol–water partition coefficient (Wildman–Crippen LogP) is 2.28. The van der Waals surface area contributed by atoms with E-state index in [9.17, 15) is 9.59 Å². The van der Waals surface area contributed by atoms with Crippen molar-refractivity contribution >= 4 is 11.6 Å². The lowest BCUT2D eigenvalue weighted by molar-refractivity contribution is -0.116. The van der Waals surface area contributed by atoms with Gasteiger partial charge in [0.15, 0.2) is 5.78 Å². The van der Waals surface area contributed by atoms with Gasteiger partial charge in [0.05, 0.1) is 25.7 Å². The number of hydrogen-bond acceptors (Lipinski definition) is 5. The Morgan fingerprint density at radius 3 is 2.68 bits per heavy atom. The van der Waals surface area contributed by atoms with Crippen molar-refractivity contribution in [3.05, 3.63) is 50.9 Å². The molecule has 0 saturated carbocycles. The van der Waals surface area contributed by atoms with Crippen molar-refractivity contribution in [1.29, 1.82) is 0 Å². The lowest BCUT2D eigenvalue weighted by atomic mass is 9.76. The van der Waals surface area contributed by atoms with E-state index < -0.39 is 5.92 Å². The molecule has 1 aliphatic carbocycles. The fourth-order valence-corrected chi connectivity index (χ4v) is 3.74. The summed E-state index contributed by atoms with van der Waals surface area (Å²) in [6.45, 7) is 0. The molecule has 0 saturated heterocycles. The van der Waals surface area contributed by atoms with Gasteiger partial charge in [-0.05, 0) is 31.0 Å². The number of H-pyrrole nitrogens is 2. The SMILES string of the molecule is COc1ccc(OC)c([C@H]2C3=C(CCCC3=O)Nc3[nH][nH]c(=O)c32)c1. The Morgan fingerprint density at radius 2 is 1.92 bits per heavy atom. The number of nitrogens with one attached hydrogen (secondary N) is 3. The van der Waals surface area contributed by atoms with Gasteiger partial charge in [0.1, 0.15) is 17.3 Å². The summed E-state index contributed by atoms with van der Waals surface area (Å²) in [5, 5.41) is 8.71. The third-order valence-electron chi connectivity index (χ3n) is 4.87. The second-order valence-electron chi connectivity index (χ2n) is 6.20. The van der Waals surface area contributed by atoms with Crippen molar-refractivity contribution in [3.63, 3.8) is 0 Å². The predicted molar refractivity (Wildman–Crippen MR) is 92.3 cm³/mol. The van der Waals surface area contributed by atoms with E-state index in [1.165, 1.54) is 0 Å². The molecule has 0 bridgehead atoms. The van der Waals surface area contributed by atoms with Gasteiger partial charge in [0, 0.05) is 23.3 Å². The molecule has 2 aromatic rings. The summed E-state index contributed by atoms with van der Waals surface area (Å²) >= 11 is 0. The highest BCUT2D eigenvalue weighted by molar-refractivity contribution is 6.01. The van der Waals surface area contributed by atoms with Crippen LogP contribution in [0.15, 0.2) is 34.3 Å². The minimum Gasteiger partial charge on any atom is -0.497 e. The average molecular weight is 341 g/mol. The highest BCUT2D eigenvalue weighted by atomic mass is 16.5. The number of benzene rings is 1. The molecule has 7 nitrogen and oxygen atoms in total. The molecule has 7 heteroatoms. The molecule has 130 valence electrons. The standard InChI is InChI=1S/C18H19N3O4/c1-24-9-6-7-13(25-2)10(8-9)14-15-11(4-3-5-12(15)22)19-17-16(14)18(23)21-20-17/h6-8,14H,3-5H2,1-2H3,(H3,19,20,21,23)/t14-/m0/s1. The fourth-order valence-electron chi connectivity index (χ4n) is 3.74. The van der Waals surface area contributed by atoms with Crippen molar-refractivity contribution < 1.29 is 14.3 Å².